The van der Waals surface area contributed by atoms with E-state index in [2.05, 4.69) is 4.98 Å². The number of rotatable bonds is 4. The van der Waals surface area contributed by atoms with Gasteiger partial charge in [0.05, 0.1) is 31.1 Å². The van der Waals surface area contributed by atoms with Crippen LogP contribution >= 0.6 is 0 Å². The molecule has 0 aliphatic carbocycles. The Kier molecular flexibility index (Phi) is 3.42. The van der Waals surface area contributed by atoms with Crippen LogP contribution in [-0.2, 0) is 11.3 Å². The van der Waals surface area contributed by atoms with Crippen molar-refractivity contribution in [3.63, 3.8) is 0 Å². The summed E-state index contributed by atoms with van der Waals surface area (Å²) in [6, 6.07) is 13.1. The maximum Gasteiger partial charge on any atom is 0.354 e. The van der Waals surface area contributed by atoms with Gasteiger partial charge in [0.15, 0.2) is 5.58 Å². The van der Waals surface area contributed by atoms with Crippen LogP contribution in [0, 0.1) is 0 Å². The molecule has 0 atom stereocenters. The molecule has 0 unspecified atom stereocenters. The second kappa shape index (κ2) is 5.73. The highest BCUT2D eigenvalue weighted by Gasteiger charge is 2.19. The molecule has 3 heterocycles. The molecule has 6 nitrogen and oxygen atoms in total. The van der Waals surface area contributed by atoms with Gasteiger partial charge in [0, 0.05) is 17.7 Å². The summed E-state index contributed by atoms with van der Waals surface area (Å²) < 4.78 is 17.6. The molecule has 0 aliphatic rings. The lowest BCUT2D eigenvalue weighted by Crippen LogP contribution is -2.11. The molecule has 4 aromatic rings. The summed E-state index contributed by atoms with van der Waals surface area (Å²) in [4.78, 5) is 16.5. The van der Waals surface area contributed by atoms with Crippen LogP contribution in [0.5, 0.6) is 0 Å². The lowest BCUT2D eigenvalue weighted by atomic mass is 10.2. The van der Waals surface area contributed by atoms with Crippen LogP contribution in [0.3, 0.4) is 0 Å². The summed E-state index contributed by atoms with van der Waals surface area (Å²) in [5, 5.41) is 0. The minimum absolute atomic E-state index is 0.379. The van der Waals surface area contributed by atoms with E-state index in [0.717, 1.165) is 11.1 Å². The fourth-order valence-electron chi connectivity index (χ4n) is 2.68. The molecule has 24 heavy (non-hydrogen) atoms. The van der Waals surface area contributed by atoms with Crippen molar-refractivity contribution in [3.8, 4) is 11.5 Å². The van der Waals surface area contributed by atoms with Crippen LogP contribution in [0.4, 0.5) is 0 Å². The number of carbonyl (C=O) groups excluding carboxylic acids is 1. The van der Waals surface area contributed by atoms with Crippen molar-refractivity contribution in [2.24, 2.45) is 0 Å². The Labute approximate surface area is 137 Å². The molecule has 0 aliphatic heterocycles. The van der Waals surface area contributed by atoms with E-state index in [1.807, 2.05) is 30.3 Å². The molecule has 0 radical (unpaired) electrons. The summed E-state index contributed by atoms with van der Waals surface area (Å²) in [6.07, 6.45) is 3.18. The van der Waals surface area contributed by atoms with Crippen LogP contribution in [0.15, 0.2) is 63.8 Å². The summed E-state index contributed by atoms with van der Waals surface area (Å²) in [7, 11) is 1.35. The lowest BCUT2D eigenvalue weighted by Gasteiger charge is -2.06. The van der Waals surface area contributed by atoms with Gasteiger partial charge in [-0.2, -0.15) is 0 Å². The van der Waals surface area contributed by atoms with Gasteiger partial charge < -0.3 is 18.1 Å². The Morgan fingerprint density at radius 2 is 2.04 bits per heavy atom. The van der Waals surface area contributed by atoms with Crippen LogP contribution in [0.1, 0.15) is 16.2 Å². The second-order valence-corrected chi connectivity index (χ2v) is 5.29. The highest BCUT2D eigenvalue weighted by atomic mass is 16.5. The number of benzene rings is 1. The van der Waals surface area contributed by atoms with Crippen molar-refractivity contribution in [1.82, 2.24) is 9.55 Å². The number of aromatic nitrogens is 2. The molecule has 0 bridgehead atoms. The number of ether oxygens (including phenoxy) is 1. The molecule has 0 spiro atoms. The number of methoxy groups -OCH3 is 1. The number of esters is 1. The molecule has 6 heteroatoms. The van der Waals surface area contributed by atoms with E-state index < -0.39 is 5.97 Å². The fourth-order valence-corrected chi connectivity index (χ4v) is 2.68. The maximum atomic E-state index is 12.0. The molecule has 0 saturated heterocycles. The van der Waals surface area contributed by atoms with Crippen molar-refractivity contribution in [3.05, 3.63) is 66.4 Å². The topological polar surface area (TPSA) is 70.4 Å². The lowest BCUT2D eigenvalue weighted by molar-refractivity contribution is 0.0589. The average Bonchev–Trinajstić information content (AvgIpc) is 3.32. The number of carbonyl (C=O) groups is 1. The van der Waals surface area contributed by atoms with Gasteiger partial charge in [-0.05, 0) is 12.1 Å². The second-order valence-electron chi connectivity index (χ2n) is 5.29. The number of hydrogen-bond donors (Lipinski definition) is 0. The highest BCUT2D eigenvalue weighted by molar-refractivity contribution is 5.94. The van der Waals surface area contributed by atoms with E-state index in [1.165, 1.54) is 7.11 Å². The Morgan fingerprint density at radius 3 is 2.83 bits per heavy atom. The third kappa shape index (κ3) is 2.38. The van der Waals surface area contributed by atoms with Crippen molar-refractivity contribution >= 4 is 17.1 Å². The number of nitrogens with zero attached hydrogens (tertiary/aromatic N) is 2. The predicted octanol–water partition coefficient (Wildman–Crippen LogP) is 3.72. The predicted molar refractivity (Wildman–Crippen MR) is 86.6 cm³/mol. The third-order valence-corrected chi connectivity index (χ3v) is 3.81. The average molecular weight is 322 g/mol. The first kappa shape index (κ1) is 14.3. The Hall–Kier alpha value is -3.28. The van der Waals surface area contributed by atoms with Crippen LogP contribution in [0.2, 0.25) is 0 Å². The minimum Gasteiger partial charge on any atom is -0.464 e. The molecule has 1 aromatic carbocycles. The van der Waals surface area contributed by atoms with Gasteiger partial charge in [0.1, 0.15) is 12.0 Å². The number of fused-ring (bicyclic) bond motifs is 1. The summed E-state index contributed by atoms with van der Waals surface area (Å²) in [5.41, 5.74) is 3.45. The number of furan rings is 1. The van der Waals surface area contributed by atoms with E-state index >= 15 is 0 Å². The molecule has 0 saturated carbocycles. The van der Waals surface area contributed by atoms with Crippen molar-refractivity contribution in [2.45, 2.75) is 6.54 Å². The van der Waals surface area contributed by atoms with E-state index in [-0.39, 0.29) is 0 Å². The normalized spacial score (nSPS) is 11.0. The van der Waals surface area contributed by atoms with Gasteiger partial charge in [0.25, 0.3) is 0 Å². The first-order valence-corrected chi connectivity index (χ1v) is 7.41. The van der Waals surface area contributed by atoms with E-state index in [0.29, 0.717) is 29.4 Å². The zero-order valence-corrected chi connectivity index (χ0v) is 12.9. The van der Waals surface area contributed by atoms with Gasteiger partial charge >= 0.3 is 5.97 Å². The zero-order valence-electron chi connectivity index (χ0n) is 12.9. The third-order valence-electron chi connectivity index (χ3n) is 3.81. The summed E-state index contributed by atoms with van der Waals surface area (Å²) in [5.74, 6) is 0.119. The van der Waals surface area contributed by atoms with Crippen molar-refractivity contribution in [2.75, 3.05) is 7.11 Å². The smallest absolute Gasteiger partial charge is 0.354 e. The van der Waals surface area contributed by atoms with Gasteiger partial charge in [-0.25, -0.2) is 9.78 Å². The quantitative estimate of drug-likeness (QED) is 0.535. The standard InChI is InChI=1S/C18H14N2O4/c1-22-18(21)15-9-16-14(7-8-23-16)20(15)10-13-11-24-17(19-13)12-5-3-2-4-6-12/h2-9,11H,10H2,1H3. The van der Waals surface area contributed by atoms with Crippen LogP contribution in [-0.4, -0.2) is 22.6 Å². The monoisotopic (exact) mass is 322 g/mol. The first-order valence-electron chi connectivity index (χ1n) is 7.41. The number of oxazole rings is 1. The fraction of sp³-hybridized carbons (Fsp3) is 0.111. The van der Waals surface area contributed by atoms with Crippen LogP contribution < -0.4 is 0 Å². The molecule has 0 N–H and O–H groups in total. The van der Waals surface area contributed by atoms with Gasteiger partial charge in [0.2, 0.25) is 5.89 Å². The Balaban J connectivity index is 1.71. The van der Waals surface area contributed by atoms with Crippen molar-refractivity contribution < 1.29 is 18.4 Å². The Morgan fingerprint density at radius 1 is 1.21 bits per heavy atom. The summed E-state index contributed by atoms with van der Waals surface area (Å²) >= 11 is 0. The van der Waals surface area contributed by atoms with Crippen LogP contribution in [0.25, 0.3) is 22.6 Å². The Bertz CT molecular complexity index is 995. The van der Waals surface area contributed by atoms with Gasteiger partial charge in [-0.1, -0.05) is 18.2 Å². The molecule has 4 rings (SSSR count). The number of hydrogen-bond acceptors (Lipinski definition) is 5. The maximum absolute atomic E-state index is 12.0. The molecular formula is C18H14N2O4. The molecule has 120 valence electrons. The van der Waals surface area contributed by atoms with Gasteiger partial charge in [-0.15, -0.1) is 0 Å². The van der Waals surface area contributed by atoms with Gasteiger partial charge in [-0.3, -0.25) is 0 Å². The zero-order chi connectivity index (χ0) is 16.5. The molecule has 0 fully saturated rings. The largest absolute Gasteiger partial charge is 0.464 e. The van der Waals surface area contributed by atoms with E-state index in [9.17, 15) is 4.79 Å². The van der Waals surface area contributed by atoms with E-state index in [1.54, 1.807) is 29.2 Å². The van der Waals surface area contributed by atoms with Crippen molar-refractivity contribution in [1.29, 1.82) is 0 Å². The highest BCUT2D eigenvalue weighted by Crippen LogP contribution is 2.24. The first-order chi connectivity index (χ1) is 11.8. The SMILES string of the molecule is COC(=O)c1cc2occc2n1Cc1coc(-c2ccccc2)n1. The summed E-state index contributed by atoms with van der Waals surface area (Å²) in [6.45, 7) is 0.379. The minimum atomic E-state index is -0.423. The molecular weight excluding hydrogens is 308 g/mol. The molecule has 3 aromatic heterocycles. The molecule has 0 amide bonds. The van der Waals surface area contributed by atoms with E-state index in [4.69, 9.17) is 13.6 Å².